The third-order valence-electron chi connectivity index (χ3n) is 4.49. The van der Waals surface area contributed by atoms with Crippen LogP contribution in [0.3, 0.4) is 0 Å². The highest BCUT2D eigenvalue weighted by Crippen LogP contribution is 2.39. The van der Waals surface area contributed by atoms with E-state index in [9.17, 15) is 14.0 Å². The van der Waals surface area contributed by atoms with Gasteiger partial charge in [0.05, 0.1) is 11.3 Å². The van der Waals surface area contributed by atoms with Gasteiger partial charge in [-0.3, -0.25) is 9.59 Å². The van der Waals surface area contributed by atoms with Gasteiger partial charge in [-0.25, -0.2) is 9.37 Å². The number of aromatic nitrogens is 1. The Bertz CT molecular complexity index is 1300. The van der Waals surface area contributed by atoms with E-state index < -0.39 is 11.7 Å². The van der Waals surface area contributed by atoms with Crippen molar-refractivity contribution in [2.45, 2.75) is 9.79 Å². The molecule has 0 aliphatic carbocycles. The summed E-state index contributed by atoms with van der Waals surface area (Å²) < 4.78 is 18.8. The Labute approximate surface area is 168 Å². The number of carbonyl (C=O) groups excluding carboxylic acids is 2. The Morgan fingerprint density at radius 1 is 1.07 bits per heavy atom. The maximum absolute atomic E-state index is 13.5. The van der Waals surface area contributed by atoms with Gasteiger partial charge in [-0.1, -0.05) is 11.8 Å². The topological polar surface area (TPSA) is 84.2 Å². The van der Waals surface area contributed by atoms with Gasteiger partial charge in [-0.05, 0) is 48.5 Å². The molecule has 5 rings (SSSR count). The lowest BCUT2D eigenvalue weighted by molar-refractivity contribution is 0.101. The van der Waals surface area contributed by atoms with Crippen molar-refractivity contribution in [3.05, 3.63) is 77.9 Å². The number of amides is 2. The maximum Gasteiger partial charge on any atom is 0.256 e. The molecule has 0 radical (unpaired) electrons. The minimum atomic E-state index is -0.478. The zero-order valence-electron chi connectivity index (χ0n) is 14.7. The molecule has 0 spiro atoms. The number of anilines is 2. The van der Waals surface area contributed by atoms with Gasteiger partial charge < -0.3 is 15.1 Å². The predicted octanol–water partition coefficient (Wildman–Crippen LogP) is 4.94. The van der Waals surface area contributed by atoms with Crippen LogP contribution in [0.1, 0.15) is 20.7 Å². The number of hydrogen-bond donors (Lipinski definition) is 2. The summed E-state index contributed by atoms with van der Waals surface area (Å²) in [6.45, 7) is 0. The second kappa shape index (κ2) is 6.75. The average molecular weight is 405 g/mol. The zero-order valence-corrected chi connectivity index (χ0v) is 15.5. The number of oxazole rings is 1. The largest absolute Gasteiger partial charge is 0.443 e. The van der Waals surface area contributed by atoms with Crippen molar-refractivity contribution >= 4 is 46.1 Å². The van der Waals surface area contributed by atoms with Crippen LogP contribution in [-0.2, 0) is 0 Å². The molecule has 0 saturated heterocycles. The zero-order chi connectivity index (χ0) is 20.0. The first kappa shape index (κ1) is 17.4. The van der Waals surface area contributed by atoms with Crippen LogP contribution >= 0.6 is 11.8 Å². The maximum atomic E-state index is 13.5. The quantitative estimate of drug-likeness (QED) is 0.494. The molecule has 0 unspecified atom stereocenters. The molecule has 8 heteroatoms. The minimum absolute atomic E-state index is 0.262. The smallest absolute Gasteiger partial charge is 0.256 e. The predicted molar refractivity (Wildman–Crippen MR) is 107 cm³/mol. The summed E-state index contributed by atoms with van der Waals surface area (Å²) in [6, 6.07) is 14.3. The molecular weight excluding hydrogens is 393 g/mol. The molecule has 142 valence electrons. The molecule has 0 atom stereocenters. The summed E-state index contributed by atoms with van der Waals surface area (Å²) in [7, 11) is 0. The van der Waals surface area contributed by atoms with E-state index >= 15 is 0 Å². The summed E-state index contributed by atoms with van der Waals surface area (Å²) >= 11 is 1.34. The van der Waals surface area contributed by atoms with Gasteiger partial charge >= 0.3 is 0 Å². The Hall–Kier alpha value is -3.65. The second-order valence-corrected chi connectivity index (χ2v) is 7.48. The van der Waals surface area contributed by atoms with Crippen molar-refractivity contribution in [2.75, 3.05) is 10.6 Å². The van der Waals surface area contributed by atoms with E-state index in [2.05, 4.69) is 15.6 Å². The van der Waals surface area contributed by atoms with Gasteiger partial charge in [0.15, 0.2) is 12.0 Å². The first-order valence-corrected chi connectivity index (χ1v) is 9.46. The molecule has 2 heterocycles. The minimum Gasteiger partial charge on any atom is -0.443 e. The summed E-state index contributed by atoms with van der Waals surface area (Å²) in [5, 5.41) is 5.56. The second-order valence-electron chi connectivity index (χ2n) is 6.40. The SMILES string of the molecule is O=C(Nc1ccc2ncoc2c1)c1ccc2c(c1)NC(=O)c1cc(F)ccc1S2. The van der Waals surface area contributed by atoms with Crippen LogP contribution in [0.5, 0.6) is 0 Å². The van der Waals surface area contributed by atoms with Crippen LogP contribution < -0.4 is 10.6 Å². The van der Waals surface area contributed by atoms with E-state index in [4.69, 9.17) is 4.42 Å². The standard InChI is InChI=1S/C21H12FN3O3S/c22-12-2-6-18-14(8-12)21(27)25-16-7-11(1-5-19(16)29-18)20(26)24-13-3-4-15-17(9-13)28-10-23-15/h1-10H,(H,24,26)(H,25,27). The molecule has 6 nitrogen and oxygen atoms in total. The first-order valence-electron chi connectivity index (χ1n) is 8.64. The number of fused-ring (bicyclic) bond motifs is 3. The number of hydrogen-bond acceptors (Lipinski definition) is 5. The van der Waals surface area contributed by atoms with Gasteiger partial charge in [-0.15, -0.1) is 0 Å². The van der Waals surface area contributed by atoms with Gasteiger partial charge in [-0.2, -0.15) is 0 Å². The lowest BCUT2D eigenvalue weighted by atomic mass is 10.1. The molecule has 29 heavy (non-hydrogen) atoms. The van der Waals surface area contributed by atoms with Gasteiger partial charge in [0.25, 0.3) is 11.8 Å². The van der Waals surface area contributed by atoms with Crippen molar-refractivity contribution in [2.24, 2.45) is 0 Å². The fraction of sp³-hybridized carbons (Fsp3) is 0. The number of nitrogens with one attached hydrogen (secondary N) is 2. The number of rotatable bonds is 2. The highest BCUT2D eigenvalue weighted by atomic mass is 32.2. The summed E-state index contributed by atoms with van der Waals surface area (Å²) in [6.07, 6.45) is 1.34. The Balaban J connectivity index is 1.43. The van der Waals surface area contributed by atoms with Crippen LogP contribution in [0.4, 0.5) is 15.8 Å². The van der Waals surface area contributed by atoms with Gasteiger partial charge in [0.2, 0.25) is 0 Å². The van der Waals surface area contributed by atoms with Crippen LogP contribution in [-0.4, -0.2) is 16.8 Å². The molecular formula is C21H12FN3O3S. The Morgan fingerprint density at radius 3 is 2.83 bits per heavy atom. The summed E-state index contributed by atoms with van der Waals surface area (Å²) in [5.74, 6) is -1.23. The average Bonchev–Trinajstić information content (AvgIpc) is 3.12. The van der Waals surface area contributed by atoms with E-state index in [1.807, 2.05) is 0 Å². The van der Waals surface area contributed by atoms with Gasteiger partial charge in [0.1, 0.15) is 11.3 Å². The van der Waals surface area contributed by atoms with Crippen molar-refractivity contribution in [1.82, 2.24) is 4.98 Å². The molecule has 1 aliphatic rings. The molecule has 0 fully saturated rings. The normalized spacial score (nSPS) is 12.7. The fourth-order valence-corrected chi connectivity index (χ4v) is 4.06. The molecule has 1 aliphatic heterocycles. The fourth-order valence-electron chi connectivity index (χ4n) is 3.07. The van der Waals surface area contributed by atoms with Crippen molar-refractivity contribution in [1.29, 1.82) is 0 Å². The number of halogens is 1. The van der Waals surface area contributed by atoms with E-state index in [0.717, 1.165) is 4.90 Å². The van der Waals surface area contributed by atoms with Crippen LogP contribution in [0, 0.1) is 5.82 Å². The van der Waals surface area contributed by atoms with Crippen molar-refractivity contribution in [3.8, 4) is 0 Å². The molecule has 1 aromatic heterocycles. The lowest BCUT2D eigenvalue weighted by Crippen LogP contribution is -2.14. The van der Waals surface area contributed by atoms with E-state index in [1.54, 1.807) is 42.5 Å². The number of nitrogens with zero attached hydrogens (tertiary/aromatic N) is 1. The van der Waals surface area contributed by atoms with Crippen molar-refractivity contribution in [3.63, 3.8) is 0 Å². The Morgan fingerprint density at radius 2 is 1.93 bits per heavy atom. The van der Waals surface area contributed by atoms with Crippen molar-refractivity contribution < 1.29 is 18.4 Å². The highest BCUT2D eigenvalue weighted by Gasteiger charge is 2.21. The third kappa shape index (κ3) is 3.23. The van der Waals surface area contributed by atoms with Crippen LogP contribution in [0.25, 0.3) is 11.1 Å². The molecule has 3 aromatic carbocycles. The van der Waals surface area contributed by atoms with E-state index in [-0.39, 0.29) is 11.5 Å². The van der Waals surface area contributed by atoms with Crippen LogP contribution in [0.2, 0.25) is 0 Å². The highest BCUT2D eigenvalue weighted by molar-refractivity contribution is 7.99. The summed E-state index contributed by atoms with van der Waals surface area (Å²) in [5.41, 5.74) is 2.96. The molecule has 0 bridgehead atoms. The number of benzene rings is 3. The van der Waals surface area contributed by atoms with E-state index in [1.165, 1.54) is 30.3 Å². The van der Waals surface area contributed by atoms with E-state index in [0.29, 0.717) is 32.9 Å². The molecule has 2 N–H and O–H groups in total. The molecule has 0 saturated carbocycles. The summed E-state index contributed by atoms with van der Waals surface area (Å²) in [4.78, 5) is 30.6. The monoisotopic (exact) mass is 405 g/mol. The van der Waals surface area contributed by atoms with Crippen LogP contribution in [0.15, 0.2) is 75.2 Å². The number of carbonyl (C=O) groups is 2. The molecule has 2 amide bonds. The third-order valence-corrected chi connectivity index (χ3v) is 5.64. The Kier molecular flexibility index (Phi) is 4.06. The first-order chi connectivity index (χ1) is 14.1. The molecule has 4 aromatic rings. The lowest BCUT2D eigenvalue weighted by Gasteiger charge is -2.10. The van der Waals surface area contributed by atoms with Gasteiger partial charge in [0, 0.05) is 27.1 Å².